The molecule has 0 radical (unpaired) electrons. The first-order valence-corrected chi connectivity index (χ1v) is 11.1. The average molecular weight is 418 g/mol. The first-order chi connectivity index (χ1) is 13.8. The Morgan fingerprint density at radius 3 is 2.21 bits per heavy atom. The van der Waals surface area contributed by atoms with E-state index in [1.54, 1.807) is 0 Å². The number of nitrogens with zero attached hydrogens (tertiary/aromatic N) is 1. The minimum atomic E-state index is 0. The number of unbranched alkanes of at least 4 members (excludes halogenated alkanes) is 5. The molecule has 0 N–H and O–H groups in total. The van der Waals surface area contributed by atoms with Crippen LogP contribution in [0.3, 0.4) is 0 Å². The molecule has 2 aromatic rings. The fourth-order valence-electron chi connectivity index (χ4n) is 3.81. The number of rotatable bonds is 11. The number of ether oxygens (including phenoxy) is 2. The summed E-state index contributed by atoms with van der Waals surface area (Å²) in [5.74, 6) is 2.62. The van der Waals surface area contributed by atoms with Crippen molar-refractivity contribution in [3.63, 3.8) is 0 Å². The zero-order valence-electron chi connectivity index (χ0n) is 17.7. The minimum absolute atomic E-state index is 0. The molecule has 4 heteroatoms. The van der Waals surface area contributed by atoms with Crippen molar-refractivity contribution < 1.29 is 9.47 Å². The maximum atomic E-state index is 6.34. The van der Waals surface area contributed by atoms with Gasteiger partial charge in [0.15, 0.2) is 6.23 Å². The number of halogens is 1. The number of para-hydroxylation sites is 1. The summed E-state index contributed by atoms with van der Waals surface area (Å²) in [6.07, 6.45) is 12.0. The smallest absolute Gasteiger partial charge is 0.152 e. The number of hydrogen-bond donors (Lipinski definition) is 0. The molecule has 1 unspecified atom stereocenters. The second-order valence-corrected chi connectivity index (χ2v) is 7.76. The molecule has 0 spiro atoms. The van der Waals surface area contributed by atoms with E-state index in [-0.39, 0.29) is 18.6 Å². The topological polar surface area (TPSA) is 21.7 Å². The molecular weight excluding hydrogens is 382 g/mol. The Balaban J connectivity index is 0.00000300. The minimum Gasteiger partial charge on any atom is -0.475 e. The molecule has 3 nitrogen and oxygen atoms in total. The average Bonchev–Trinajstić information content (AvgIpc) is 2.74. The van der Waals surface area contributed by atoms with Crippen LogP contribution in [-0.4, -0.2) is 24.2 Å². The van der Waals surface area contributed by atoms with Crippen molar-refractivity contribution in [1.82, 2.24) is 4.90 Å². The van der Waals surface area contributed by atoms with Gasteiger partial charge in [0.25, 0.3) is 0 Å². The monoisotopic (exact) mass is 417 g/mol. The summed E-state index contributed by atoms with van der Waals surface area (Å²) in [6, 6.07) is 17.9. The van der Waals surface area contributed by atoms with Gasteiger partial charge in [0.1, 0.15) is 17.2 Å². The second kappa shape index (κ2) is 13.5. The van der Waals surface area contributed by atoms with Crippen LogP contribution < -0.4 is 9.47 Å². The molecule has 1 aliphatic rings. The van der Waals surface area contributed by atoms with Crippen molar-refractivity contribution in [2.45, 2.75) is 70.9 Å². The van der Waals surface area contributed by atoms with Crippen LogP contribution in [-0.2, 0) is 0 Å². The summed E-state index contributed by atoms with van der Waals surface area (Å²) >= 11 is 0. The number of piperidine rings is 1. The van der Waals surface area contributed by atoms with Crippen molar-refractivity contribution in [3.05, 3.63) is 54.6 Å². The molecule has 160 valence electrons. The van der Waals surface area contributed by atoms with Gasteiger partial charge in [0.05, 0.1) is 0 Å². The molecule has 3 rings (SSSR count). The van der Waals surface area contributed by atoms with Crippen LogP contribution >= 0.6 is 12.4 Å². The third-order valence-corrected chi connectivity index (χ3v) is 5.43. The van der Waals surface area contributed by atoms with Crippen LogP contribution in [0.2, 0.25) is 0 Å². The molecule has 1 fully saturated rings. The Morgan fingerprint density at radius 1 is 0.793 bits per heavy atom. The first kappa shape index (κ1) is 23.6. The molecule has 2 aromatic carbocycles. The number of likely N-dealkylation sites (tertiary alicyclic amines) is 1. The lowest BCUT2D eigenvalue weighted by Gasteiger charge is -2.35. The summed E-state index contributed by atoms with van der Waals surface area (Å²) in [7, 11) is 0. The maximum Gasteiger partial charge on any atom is 0.152 e. The van der Waals surface area contributed by atoms with Gasteiger partial charge in [-0.25, -0.2) is 0 Å². The van der Waals surface area contributed by atoms with Gasteiger partial charge in [-0.1, -0.05) is 57.2 Å². The van der Waals surface area contributed by atoms with Crippen LogP contribution in [0.15, 0.2) is 54.6 Å². The number of hydrogen-bond acceptors (Lipinski definition) is 3. The standard InChI is InChI=1S/C25H35NO2.ClH/c1-2-3-4-5-6-11-20-26-21-12-10-15-25(26)28-24-18-16-23(17-19-24)27-22-13-8-7-9-14-22;/h7-9,13-14,16-19,25H,2-6,10-12,15,20-21H2,1H3;1H. The summed E-state index contributed by atoms with van der Waals surface area (Å²) in [5.41, 5.74) is 0. The third kappa shape index (κ3) is 8.28. The van der Waals surface area contributed by atoms with E-state index in [9.17, 15) is 0 Å². The number of benzene rings is 2. The van der Waals surface area contributed by atoms with E-state index in [1.807, 2.05) is 54.6 Å². The van der Waals surface area contributed by atoms with Gasteiger partial charge >= 0.3 is 0 Å². The lowest BCUT2D eigenvalue weighted by Crippen LogP contribution is -2.43. The van der Waals surface area contributed by atoms with Crippen molar-refractivity contribution in [2.24, 2.45) is 0 Å². The van der Waals surface area contributed by atoms with E-state index in [0.29, 0.717) is 0 Å². The van der Waals surface area contributed by atoms with Crippen LogP contribution in [0, 0.1) is 0 Å². The SMILES string of the molecule is CCCCCCCCN1CCCCC1Oc1ccc(Oc2ccccc2)cc1.Cl. The molecule has 1 atom stereocenters. The van der Waals surface area contributed by atoms with Crippen LogP contribution in [0.4, 0.5) is 0 Å². The predicted molar refractivity (Wildman–Crippen MR) is 123 cm³/mol. The highest BCUT2D eigenvalue weighted by Gasteiger charge is 2.23. The van der Waals surface area contributed by atoms with Crippen LogP contribution in [0.1, 0.15) is 64.7 Å². The van der Waals surface area contributed by atoms with E-state index >= 15 is 0 Å². The highest BCUT2D eigenvalue weighted by atomic mass is 35.5. The van der Waals surface area contributed by atoms with E-state index in [2.05, 4.69) is 11.8 Å². The normalized spacial score (nSPS) is 16.8. The first-order valence-electron chi connectivity index (χ1n) is 11.1. The van der Waals surface area contributed by atoms with Gasteiger partial charge in [0, 0.05) is 13.1 Å². The molecule has 1 aliphatic heterocycles. The Morgan fingerprint density at radius 2 is 1.45 bits per heavy atom. The van der Waals surface area contributed by atoms with E-state index in [4.69, 9.17) is 9.47 Å². The third-order valence-electron chi connectivity index (χ3n) is 5.43. The highest BCUT2D eigenvalue weighted by molar-refractivity contribution is 5.85. The van der Waals surface area contributed by atoms with E-state index in [1.165, 1.54) is 51.4 Å². The maximum absolute atomic E-state index is 6.34. The van der Waals surface area contributed by atoms with Gasteiger partial charge < -0.3 is 9.47 Å². The van der Waals surface area contributed by atoms with Crippen molar-refractivity contribution in [2.75, 3.05) is 13.1 Å². The fraction of sp³-hybridized carbons (Fsp3) is 0.520. The molecule has 0 aliphatic carbocycles. The quantitative estimate of drug-likeness (QED) is 0.354. The lowest BCUT2D eigenvalue weighted by molar-refractivity contribution is -0.00476. The Hall–Kier alpha value is -1.71. The summed E-state index contributed by atoms with van der Waals surface area (Å²) in [4.78, 5) is 2.54. The van der Waals surface area contributed by atoms with E-state index < -0.39 is 0 Å². The Kier molecular flexibility index (Phi) is 11.0. The largest absolute Gasteiger partial charge is 0.475 e. The summed E-state index contributed by atoms with van der Waals surface area (Å²) in [5, 5.41) is 0. The lowest BCUT2D eigenvalue weighted by atomic mass is 10.1. The van der Waals surface area contributed by atoms with Gasteiger partial charge in [-0.3, -0.25) is 4.90 Å². The second-order valence-electron chi connectivity index (χ2n) is 7.76. The zero-order valence-corrected chi connectivity index (χ0v) is 18.5. The fourth-order valence-corrected chi connectivity index (χ4v) is 3.81. The predicted octanol–water partition coefficient (Wildman–Crippen LogP) is 7.45. The molecule has 0 bridgehead atoms. The molecule has 1 saturated heterocycles. The molecular formula is C25H36ClNO2. The van der Waals surface area contributed by atoms with Gasteiger partial charge in [-0.05, 0) is 62.1 Å². The van der Waals surface area contributed by atoms with Crippen LogP contribution in [0.5, 0.6) is 17.2 Å². The Bertz CT molecular complexity index is 662. The van der Waals surface area contributed by atoms with Gasteiger partial charge in [-0.15, -0.1) is 12.4 Å². The molecule has 0 amide bonds. The van der Waals surface area contributed by atoms with Crippen molar-refractivity contribution in [3.8, 4) is 17.2 Å². The van der Waals surface area contributed by atoms with Crippen molar-refractivity contribution in [1.29, 1.82) is 0 Å². The van der Waals surface area contributed by atoms with E-state index in [0.717, 1.165) is 36.8 Å². The van der Waals surface area contributed by atoms with Crippen LogP contribution in [0.25, 0.3) is 0 Å². The van der Waals surface area contributed by atoms with Gasteiger partial charge in [0.2, 0.25) is 0 Å². The molecule has 29 heavy (non-hydrogen) atoms. The summed E-state index contributed by atoms with van der Waals surface area (Å²) in [6.45, 7) is 4.59. The zero-order chi connectivity index (χ0) is 19.4. The molecule has 1 heterocycles. The van der Waals surface area contributed by atoms with Gasteiger partial charge in [-0.2, -0.15) is 0 Å². The summed E-state index contributed by atoms with van der Waals surface area (Å²) < 4.78 is 12.2. The van der Waals surface area contributed by atoms with Crippen molar-refractivity contribution >= 4 is 12.4 Å². The highest BCUT2D eigenvalue weighted by Crippen LogP contribution is 2.26. The molecule has 0 saturated carbocycles. The molecule has 0 aromatic heterocycles. The Labute approximate surface area is 182 Å².